The van der Waals surface area contributed by atoms with Crippen LogP contribution in [0.3, 0.4) is 0 Å². The molecule has 0 aliphatic heterocycles. The van der Waals surface area contributed by atoms with E-state index in [0.29, 0.717) is 6.61 Å². The number of rotatable bonds is 3. The Morgan fingerprint density at radius 2 is 2.25 bits per heavy atom. The molecule has 0 radical (unpaired) electrons. The Hall–Kier alpha value is -0.0500. The third-order valence-corrected chi connectivity index (χ3v) is 2.66. The molecule has 0 aromatic rings. The Bertz CT molecular complexity index is 173. The number of alkyl halides is 1. The number of hydrogen-bond donors (Lipinski definition) is 0. The molecule has 0 bridgehead atoms. The topological polar surface area (TPSA) is 26.3 Å². The second kappa shape index (κ2) is 3.77. The molecule has 1 saturated carbocycles. The number of hydrogen-bond acceptors (Lipinski definition) is 2. The minimum atomic E-state index is -0.165. The molecular weight excluding hydrogens is 220 g/mol. The van der Waals surface area contributed by atoms with E-state index in [2.05, 4.69) is 15.9 Å². The summed E-state index contributed by atoms with van der Waals surface area (Å²) in [6.45, 7) is 4.43. The summed E-state index contributed by atoms with van der Waals surface area (Å²) in [7, 11) is 0. The average Bonchev–Trinajstić information content (AvgIpc) is 1.95. The first-order valence-electron chi connectivity index (χ1n) is 4.36. The van der Waals surface area contributed by atoms with Crippen LogP contribution in [0.25, 0.3) is 0 Å². The lowest BCUT2D eigenvalue weighted by Crippen LogP contribution is -2.37. The first-order chi connectivity index (χ1) is 5.54. The average molecular weight is 235 g/mol. The molecule has 70 valence electrons. The zero-order valence-corrected chi connectivity index (χ0v) is 9.19. The van der Waals surface area contributed by atoms with Gasteiger partial charge in [0.1, 0.15) is 6.61 Å². The van der Waals surface area contributed by atoms with Crippen molar-refractivity contribution >= 4 is 21.9 Å². The highest BCUT2D eigenvalue weighted by Gasteiger charge is 2.40. The van der Waals surface area contributed by atoms with Crippen LogP contribution in [0.5, 0.6) is 0 Å². The van der Waals surface area contributed by atoms with E-state index in [0.717, 1.165) is 19.3 Å². The summed E-state index contributed by atoms with van der Waals surface area (Å²) in [5.74, 6) is -0.0277. The van der Waals surface area contributed by atoms with Crippen LogP contribution < -0.4 is 0 Å². The lowest BCUT2D eigenvalue weighted by atomic mass is 9.70. The second-order valence-corrected chi connectivity index (χ2v) is 5.36. The predicted molar refractivity (Wildman–Crippen MR) is 51.3 cm³/mol. The first kappa shape index (κ1) is 10.0. The molecule has 1 atom stereocenters. The van der Waals surface area contributed by atoms with Crippen LogP contribution in [0.2, 0.25) is 0 Å². The zero-order chi connectivity index (χ0) is 9.19. The van der Waals surface area contributed by atoms with Gasteiger partial charge in [-0.1, -0.05) is 22.4 Å². The molecule has 2 nitrogen and oxygen atoms in total. The SMILES string of the molecule is CC(Br)COC(=O)C1(C)CCC1. The predicted octanol–water partition coefficient (Wildman–Crippen LogP) is 2.50. The molecule has 0 heterocycles. The van der Waals surface area contributed by atoms with E-state index < -0.39 is 0 Å². The fourth-order valence-electron chi connectivity index (χ4n) is 1.28. The van der Waals surface area contributed by atoms with Gasteiger partial charge in [0, 0.05) is 4.83 Å². The molecule has 0 N–H and O–H groups in total. The fraction of sp³-hybridized carbons (Fsp3) is 0.889. The highest BCUT2D eigenvalue weighted by atomic mass is 79.9. The van der Waals surface area contributed by atoms with E-state index in [4.69, 9.17) is 4.74 Å². The highest BCUT2D eigenvalue weighted by Crippen LogP contribution is 2.41. The fourth-order valence-corrected chi connectivity index (χ4v) is 1.41. The van der Waals surface area contributed by atoms with Crippen molar-refractivity contribution < 1.29 is 9.53 Å². The van der Waals surface area contributed by atoms with Crippen LogP contribution in [-0.4, -0.2) is 17.4 Å². The summed E-state index contributed by atoms with van der Waals surface area (Å²) >= 11 is 3.33. The van der Waals surface area contributed by atoms with Crippen molar-refractivity contribution in [2.45, 2.75) is 37.9 Å². The summed E-state index contributed by atoms with van der Waals surface area (Å²) in [5, 5.41) is 0. The van der Waals surface area contributed by atoms with Crippen LogP contribution in [0.15, 0.2) is 0 Å². The standard InChI is InChI=1S/C9H15BrO2/c1-7(10)6-12-8(11)9(2)4-3-5-9/h7H,3-6H2,1-2H3. The molecule has 1 aliphatic carbocycles. The van der Waals surface area contributed by atoms with Crippen molar-refractivity contribution in [2.75, 3.05) is 6.61 Å². The van der Waals surface area contributed by atoms with Gasteiger partial charge in [-0.3, -0.25) is 4.79 Å². The Balaban J connectivity index is 2.28. The number of carbonyl (C=O) groups excluding carboxylic acids is 1. The van der Waals surface area contributed by atoms with Gasteiger partial charge in [0.15, 0.2) is 0 Å². The van der Waals surface area contributed by atoms with Crippen LogP contribution in [-0.2, 0) is 9.53 Å². The molecule has 0 spiro atoms. The van der Waals surface area contributed by atoms with E-state index in [1.807, 2.05) is 13.8 Å². The molecule has 3 heteroatoms. The molecule has 0 aromatic carbocycles. The molecule has 12 heavy (non-hydrogen) atoms. The Morgan fingerprint density at radius 1 is 1.67 bits per heavy atom. The van der Waals surface area contributed by atoms with Crippen LogP contribution in [0.4, 0.5) is 0 Å². The summed E-state index contributed by atoms with van der Waals surface area (Å²) in [6, 6.07) is 0. The largest absolute Gasteiger partial charge is 0.464 e. The highest BCUT2D eigenvalue weighted by molar-refractivity contribution is 9.09. The van der Waals surface area contributed by atoms with Gasteiger partial charge in [0.05, 0.1) is 5.41 Å². The molecule has 0 saturated heterocycles. The summed E-state index contributed by atoms with van der Waals surface area (Å²) in [5.41, 5.74) is -0.165. The summed E-state index contributed by atoms with van der Waals surface area (Å²) in [6.07, 6.45) is 3.14. The number of ether oxygens (including phenoxy) is 1. The molecule has 1 rings (SSSR count). The number of halogens is 1. The normalized spacial score (nSPS) is 22.6. The molecule has 0 aromatic heterocycles. The minimum Gasteiger partial charge on any atom is -0.464 e. The number of carbonyl (C=O) groups is 1. The van der Waals surface area contributed by atoms with Gasteiger partial charge in [-0.2, -0.15) is 0 Å². The molecule has 1 aliphatic rings. The Morgan fingerprint density at radius 3 is 2.58 bits per heavy atom. The lowest BCUT2D eigenvalue weighted by molar-refractivity contribution is -0.159. The van der Waals surface area contributed by atoms with Crippen molar-refractivity contribution in [3.63, 3.8) is 0 Å². The van der Waals surface area contributed by atoms with E-state index in [1.165, 1.54) is 0 Å². The number of esters is 1. The van der Waals surface area contributed by atoms with E-state index in [9.17, 15) is 4.79 Å². The van der Waals surface area contributed by atoms with Gasteiger partial charge < -0.3 is 4.74 Å². The summed E-state index contributed by atoms with van der Waals surface area (Å²) in [4.78, 5) is 11.7. The smallest absolute Gasteiger partial charge is 0.311 e. The van der Waals surface area contributed by atoms with Gasteiger partial charge in [-0.25, -0.2) is 0 Å². The van der Waals surface area contributed by atoms with Gasteiger partial charge in [0.2, 0.25) is 0 Å². The Kier molecular flexibility index (Phi) is 3.16. The van der Waals surface area contributed by atoms with Crippen LogP contribution in [0, 0.1) is 5.41 Å². The Labute approximate surface area is 81.8 Å². The van der Waals surface area contributed by atoms with Crippen molar-refractivity contribution in [3.05, 3.63) is 0 Å². The van der Waals surface area contributed by atoms with Crippen LogP contribution >= 0.6 is 15.9 Å². The van der Waals surface area contributed by atoms with E-state index in [-0.39, 0.29) is 16.2 Å². The second-order valence-electron chi connectivity index (χ2n) is 3.79. The van der Waals surface area contributed by atoms with E-state index in [1.54, 1.807) is 0 Å². The third kappa shape index (κ3) is 2.22. The van der Waals surface area contributed by atoms with Crippen molar-refractivity contribution in [3.8, 4) is 0 Å². The van der Waals surface area contributed by atoms with Crippen LogP contribution in [0.1, 0.15) is 33.1 Å². The zero-order valence-electron chi connectivity index (χ0n) is 7.60. The maximum Gasteiger partial charge on any atom is 0.311 e. The summed E-state index contributed by atoms with van der Waals surface area (Å²) < 4.78 is 5.12. The van der Waals surface area contributed by atoms with Gasteiger partial charge in [0.25, 0.3) is 0 Å². The molecule has 1 unspecified atom stereocenters. The third-order valence-electron chi connectivity index (χ3n) is 2.39. The first-order valence-corrected chi connectivity index (χ1v) is 5.27. The van der Waals surface area contributed by atoms with Crippen molar-refractivity contribution in [1.29, 1.82) is 0 Å². The molecule has 1 fully saturated rings. The monoisotopic (exact) mass is 234 g/mol. The molecule has 0 amide bonds. The van der Waals surface area contributed by atoms with Gasteiger partial charge in [-0.05, 0) is 26.7 Å². The van der Waals surface area contributed by atoms with Crippen molar-refractivity contribution in [1.82, 2.24) is 0 Å². The maximum atomic E-state index is 11.4. The molecular formula is C9H15BrO2. The quantitative estimate of drug-likeness (QED) is 0.555. The van der Waals surface area contributed by atoms with E-state index >= 15 is 0 Å². The van der Waals surface area contributed by atoms with Gasteiger partial charge in [-0.15, -0.1) is 0 Å². The lowest BCUT2D eigenvalue weighted by Gasteiger charge is -2.35. The van der Waals surface area contributed by atoms with Gasteiger partial charge >= 0.3 is 5.97 Å². The maximum absolute atomic E-state index is 11.4. The van der Waals surface area contributed by atoms with Crippen molar-refractivity contribution in [2.24, 2.45) is 5.41 Å². The minimum absolute atomic E-state index is 0.0277.